The normalized spacial score (nSPS) is 32.8. The minimum absolute atomic E-state index is 0.00137. The molecule has 1 saturated carbocycles. The van der Waals surface area contributed by atoms with E-state index in [2.05, 4.69) is 0 Å². The number of hydrogen-bond donors (Lipinski definition) is 2. The van der Waals surface area contributed by atoms with E-state index in [1.54, 1.807) is 4.90 Å². The third-order valence-electron chi connectivity index (χ3n) is 4.15. The highest BCUT2D eigenvalue weighted by Crippen LogP contribution is 2.44. The largest absolute Gasteiger partial charge is 0.390 e. The van der Waals surface area contributed by atoms with Gasteiger partial charge in [0.15, 0.2) is 0 Å². The number of amides is 1. The first-order valence-electron chi connectivity index (χ1n) is 6.26. The summed E-state index contributed by atoms with van der Waals surface area (Å²) in [7, 11) is 0. The fourth-order valence-corrected chi connectivity index (χ4v) is 3.39. The molecule has 1 aliphatic carbocycles. The number of β-amino-alcohol motifs (C(OH)–C–C–N with tert-alkyl or cyclic N) is 1. The van der Waals surface area contributed by atoms with Gasteiger partial charge in [-0.25, -0.2) is 0 Å². The first-order chi connectivity index (χ1) is 8.06. The first kappa shape index (κ1) is 13.1. The Hall–Kier alpha value is -0.320. The van der Waals surface area contributed by atoms with Gasteiger partial charge in [0.2, 0.25) is 5.91 Å². The number of carbonyl (C=O) groups excluding carboxylic acids is 1. The Kier molecular flexibility index (Phi) is 3.95. The summed E-state index contributed by atoms with van der Waals surface area (Å²) in [4.78, 5) is 13.3. The van der Waals surface area contributed by atoms with E-state index in [4.69, 9.17) is 11.6 Å². The molecule has 2 atom stereocenters. The maximum Gasteiger partial charge on any atom is 0.237 e. The highest BCUT2D eigenvalue weighted by atomic mass is 35.5. The molecule has 2 aliphatic rings. The predicted octanol–water partition coefficient (Wildman–Crippen LogP) is 0.740. The second kappa shape index (κ2) is 5.12. The fourth-order valence-electron chi connectivity index (χ4n) is 3.22. The van der Waals surface area contributed by atoms with Gasteiger partial charge in [-0.2, -0.15) is 0 Å². The van der Waals surface area contributed by atoms with Crippen molar-refractivity contribution in [2.45, 2.75) is 44.3 Å². The second-order valence-corrected chi connectivity index (χ2v) is 5.72. The molecule has 0 aromatic rings. The number of nitrogens with zero attached hydrogens (tertiary/aromatic N) is 1. The van der Waals surface area contributed by atoms with Crippen LogP contribution in [0.25, 0.3) is 0 Å². The van der Waals surface area contributed by atoms with Crippen LogP contribution in [0.3, 0.4) is 0 Å². The molecule has 0 bridgehead atoms. The molecule has 0 aromatic carbocycles. The van der Waals surface area contributed by atoms with E-state index in [-0.39, 0.29) is 23.7 Å². The van der Waals surface area contributed by atoms with Crippen LogP contribution in [0.1, 0.15) is 32.1 Å². The Labute approximate surface area is 107 Å². The van der Waals surface area contributed by atoms with Gasteiger partial charge in [0.1, 0.15) is 5.88 Å². The van der Waals surface area contributed by atoms with Gasteiger partial charge in [0.05, 0.1) is 12.2 Å². The quantitative estimate of drug-likeness (QED) is 0.685. The van der Waals surface area contributed by atoms with Crippen LogP contribution in [0.5, 0.6) is 0 Å². The molecular formula is C12H20ClNO3. The predicted molar refractivity (Wildman–Crippen MR) is 64.8 cm³/mol. The maximum absolute atomic E-state index is 11.7. The smallest absolute Gasteiger partial charge is 0.237 e. The molecule has 0 radical (unpaired) electrons. The number of carbonyl (C=O) groups is 1. The standard InChI is InChI=1S/C12H20ClNO3/c13-6-11(17)14-7-10(16)9(15)5-12(8-14)3-1-2-4-12/h9-10,15-16H,1-8H2/t9-,10+/m0/s1. The summed E-state index contributed by atoms with van der Waals surface area (Å²) in [5.41, 5.74) is -0.00137. The molecule has 1 amide bonds. The molecule has 17 heavy (non-hydrogen) atoms. The number of halogens is 1. The highest BCUT2D eigenvalue weighted by Gasteiger charge is 2.42. The van der Waals surface area contributed by atoms with Crippen molar-refractivity contribution in [1.82, 2.24) is 4.90 Å². The van der Waals surface area contributed by atoms with Crippen molar-refractivity contribution in [2.75, 3.05) is 19.0 Å². The zero-order valence-electron chi connectivity index (χ0n) is 9.94. The van der Waals surface area contributed by atoms with E-state index < -0.39 is 12.2 Å². The zero-order chi connectivity index (χ0) is 12.5. The monoisotopic (exact) mass is 261 g/mol. The molecule has 0 unspecified atom stereocenters. The average molecular weight is 262 g/mol. The van der Waals surface area contributed by atoms with E-state index in [0.29, 0.717) is 13.0 Å². The van der Waals surface area contributed by atoms with E-state index in [1.807, 2.05) is 0 Å². The summed E-state index contributed by atoms with van der Waals surface area (Å²) < 4.78 is 0. The number of alkyl halides is 1. The SMILES string of the molecule is O=C(CCl)N1C[C@@H](O)[C@@H](O)CC2(CCCC2)C1. The molecule has 2 fully saturated rings. The van der Waals surface area contributed by atoms with Gasteiger partial charge in [0, 0.05) is 13.1 Å². The van der Waals surface area contributed by atoms with Crippen LogP contribution in [0, 0.1) is 5.41 Å². The lowest BCUT2D eigenvalue weighted by atomic mass is 9.80. The topological polar surface area (TPSA) is 60.8 Å². The Balaban J connectivity index is 2.16. The molecule has 2 N–H and O–H groups in total. The van der Waals surface area contributed by atoms with Crippen molar-refractivity contribution < 1.29 is 15.0 Å². The van der Waals surface area contributed by atoms with E-state index in [9.17, 15) is 15.0 Å². The van der Waals surface area contributed by atoms with E-state index in [1.165, 1.54) is 0 Å². The van der Waals surface area contributed by atoms with Crippen LogP contribution >= 0.6 is 11.6 Å². The molecule has 5 heteroatoms. The van der Waals surface area contributed by atoms with E-state index in [0.717, 1.165) is 25.7 Å². The molecule has 2 rings (SSSR count). The molecule has 1 heterocycles. The van der Waals surface area contributed by atoms with Gasteiger partial charge in [-0.3, -0.25) is 4.79 Å². The Bertz CT molecular complexity index is 291. The van der Waals surface area contributed by atoms with Gasteiger partial charge < -0.3 is 15.1 Å². The summed E-state index contributed by atoms with van der Waals surface area (Å²) in [5, 5.41) is 19.8. The van der Waals surface area contributed by atoms with Crippen molar-refractivity contribution >= 4 is 17.5 Å². The van der Waals surface area contributed by atoms with Crippen LogP contribution in [-0.4, -0.2) is 52.2 Å². The lowest BCUT2D eigenvalue weighted by molar-refractivity contribution is -0.131. The average Bonchev–Trinajstić information content (AvgIpc) is 2.70. The second-order valence-electron chi connectivity index (χ2n) is 5.45. The molecular weight excluding hydrogens is 242 g/mol. The van der Waals surface area contributed by atoms with Crippen molar-refractivity contribution in [1.29, 1.82) is 0 Å². The number of aliphatic hydroxyl groups excluding tert-OH is 2. The lowest BCUT2D eigenvalue weighted by Gasteiger charge is -2.32. The van der Waals surface area contributed by atoms with Crippen LogP contribution in [-0.2, 0) is 4.79 Å². The van der Waals surface area contributed by atoms with Crippen LogP contribution in [0.15, 0.2) is 0 Å². The minimum Gasteiger partial charge on any atom is -0.390 e. The van der Waals surface area contributed by atoms with E-state index >= 15 is 0 Å². The Morgan fingerprint density at radius 2 is 1.94 bits per heavy atom. The van der Waals surface area contributed by atoms with Crippen molar-refractivity contribution in [2.24, 2.45) is 5.41 Å². The number of likely N-dealkylation sites (tertiary alicyclic amines) is 1. The molecule has 4 nitrogen and oxygen atoms in total. The maximum atomic E-state index is 11.7. The van der Waals surface area contributed by atoms with Gasteiger partial charge >= 0.3 is 0 Å². The molecule has 98 valence electrons. The van der Waals surface area contributed by atoms with Crippen molar-refractivity contribution in [3.63, 3.8) is 0 Å². The summed E-state index contributed by atoms with van der Waals surface area (Å²) >= 11 is 5.58. The van der Waals surface area contributed by atoms with Crippen LogP contribution < -0.4 is 0 Å². The lowest BCUT2D eigenvalue weighted by Crippen LogP contribution is -2.42. The van der Waals surface area contributed by atoms with Gasteiger partial charge in [-0.05, 0) is 24.7 Å². The third kappa shape index (κ3) is 2.75. The number of hydrogen-bond acceptors (Lipinski definition) is 3. The Morgan fingerprint density at radius 3 is 2.53 bits per heavy atom. The van der Waals surface area contributed by atoms with Gasteiger partial charge in [-0.1, -0.05) is 12.8 Å². The zero-order valence-corrected chi connectivity index (χ0v) is 10.7. The molecule has 1 aliphatic heterocycles. The third-order valence-corrected chi connectivity index (χ3v) is 4.38. The summed E-state index contributed by atoms with van der Waals surface area (Å²) in [5.74, 6) is -0.204. The van der Waals surface area contributed by atoms with Crippen LogP contribution in [0.2, 0.25) is 0 Å². The minimum atomic E-state index is -0.845. The van der Waals surface area contributed by atoms with Crippen molar-refractivity contribution in [3.8, 4) is 0 Å². The fraction of sp³-hybridized carbons (Fsp3) is 0.917. The van der Waals surface area contributed by atoms with Crippen molar-refractivity contribution in [3.05, 3.63) is 0 Å². The summed E-state index contributed by atoms with van der Waals surface area (Å²) in [6.07, 6.45) is 3.38. The number of aliphatic hydroxyl groups is 2. The van der Waals surface area contributed by atoms with Gasteiger partial charge in [0.25, 0.3) is 0 Å². The number of rotatable bonds is 1. The molecule has 1 saturated heterocycles. The summed E-state index contributed by atoms with van der Waals surface area (Å²) in [6.45, 7) is 0.834. The van der Waals surface area contributed by atoms with Gasteiger partial charge in [-0.15, -0.1) is 11.6 Å². The molecule has 0 aromatic heterocycles. The molecule has 1 spiro atoms. The van der Waals surface area contributed by atoms with Crippen LogP contribution in [0.4, 0.5) is 0 Å². The highest BCUT2D eigenvalue weighted by molar-refractivity contribution is 6.27. The Morgan fingerprint density at radius 1 is 1.29 bits per heavy atom. The summed E-state index contributed by atoms with van der Waals surface area (Å²) in [6, 6.07) is 0. The first-order valence-corrected chi connectivity index (χ1v) is 6.80.